The zero-order valence-electron chi connectivity index (χ0n) is 18.4. The van der Waals surface area contributed by atoms with Crippen molar-refractivity contribution in [1.29, 1.82) is 0 Å². The molecule has 0 fully saturated rings. The van der Waals surface area contributed by atoms with E-state index in [4.69, 9.17) is 9.47 Å². The van der Waals surface area contributed by atoms with E-state index in [2.05, 4.69) is 13.5 Å². The van der Waals surface area contributed by atoms with E-state index in [0.29, 0.717) is 19.6 Å². The van der Waals surface area contributed by atoms with Crippen LogP contribution in [0, 0.1) is 0 Å². The van der Waals surface area contributed by atoms with E-state index in [9.17, 15) is 9.59 Å². The minimum absolute atomic E-state index is 0.0383. The molecule has 0 saturated heterocycles. The normalized spacial score (nSPS) is 10.6. The zero-order chi connectivity index (χ0) is 20.7. The summed E-state index contributed by atoms with van der Waals surface area (Å²) in [6, 6.07) is 0. The lowest BCUT2D eigenvalue weighted by molar-refractivity contribution is -0.144. The van der Waals surface area contributed by atoms with Crippen LogP contribution in [-0.2, 0) is 19.1 Å². The summed E-state index contributed by atoms with van der Waals surface area (Å²) in [6.45, 7) is 6.68. The molecule has 0 aliphatic heterocycles. The van der Waals surface area contributed by atoms with Crippen molar-refractivity contribution in [2.24, 2.45) is 0 Å². The molecule has 164 valence electrons. The first-order chi connectivity index (χ1) is 13.7. The van der Waals surface area contributed by atoms with Crippen molar-refractivity contribution in [2.75, 3.05) is 13.2 Å². The van der Waals surface area contributed by atoms with Gasteiger partial charge in [0.15, 0.2) is 0 Å². The standard InChI is InChI=1S/C24H44O4/c1-3-5-6-7-8-9-12-16-19-22-28-24(26)20-17-14-11-10-13-15-18-21-27-23(25)4-2/h4H,2-3,5-22H2,1H3. The fourth-order valence-electron chi connectivity index (χ4n) is 3.16. The molecule has 0 N–H and O–H groups in total. The van der Waals surface area contributed by atoms with E-state index in [1.54, 1.807) is 0 Å². The summed E-state index contributed by atoms with van der Waals surface area (Å²) in [5.74, 6) is -0.381. The van der Waals surface area contributed by atoms with Crippen molar-refractivity contribution in [3.63, 3.8) is 0 Å². The van der Waals surface area contributed by atoms with Crippen LogP contribution >= 0.6 is 0 Å². The van der Waals surface area contributed by atoms with Gasteiger partial charge in [-0.1, -0.05) is 97.0 Å². The fourth-order valence-corrected chi connectivity index (χ4v) is 3.16. The number of ether oxygens (including phenoxy) is 2. The van der Waals surface area contributed by atoms with Crippen LogP contribution in [0.2, 0.25) is 0 Å². The second-order valence-corrected chi connectivity index (χ2v) is 7.65. The summed E-state index contributed by atoms with van der Waals surface area (Å²) in [5.41, 5.74) is 0. The number of rotatable bonds is 21. The second kappa shape index (κ2) is 22.0. The molecule has 0 aromatic heterocycles. The zero-order valence-corrected chi connectivity index (χ0v) is 18.4. The van der Waals surface area contributed by atoms with E-state index < -0.39 is 0 Å². The Hall–Kier alpha value is -1.32. The third-order valence-corrected chi connectivity index (χ3v) is 4.95. The van der Waals surface area contributed by atoms with Gasteiger partial charge in [0.1, 0.15) is 0 Å². The topological polar surface area (TPSA) is 52.6 Å². The maximum absolute atomic E-state index is 11.7. The predicted molar refractivity (Wildman–Crippen MR) is 116 cm³/mol. The molecule has 4 heteroatoms. The van der Waals surface area contributed by atoms with Gasteiger partial charge in [0, 0.05) is 12.5 Å². The Morgan fingerprint density at radius 3 is 1.57 bits per heavy atom. The van der Waals surface area contributed by atoms with Crippen LogP contribution in [-0.4, -0.2) is 25.2 Å². The molecule has 0 amide bonds. The van der Waals surface area contributed by atoms with Crippen molar-refractivity contribution in [1.82, 2.24) is 0 Å². The molecule has 0 aliphatic carbocycles. The Morgan fingerprint density at radius 2 is 1.07 bits per heavy atom. The van der Waals surface area contributed by atoms with Gasteiger partial charge >= 0.3 is 11.9 Å². The summed E-state index contributed by atoms with van der Waals surface area (Å²) in [4.78, 5) is 22.6. The van der Waals surface area contributed by atoms with Gasteiger partial charge in [0.05, 0.1) is 13.2 Å². The maximum Gasteiger partial charge on any atom is 0.330 e. The molecule has 28 heavy (non-hydrogen) atoms. The number of hydrogen-bond acceptors (Lipinski definition) is 4. The molecule has 0 aromatic rings. The molecule has 0 spiro atoms. The van der Waals surface area contributed by atoms with Crippen LogP contribution in [0.25, 0.3) is 0 Å². The van der Waals surface area contributed by atoms with Crippen molar-refractivity contribution in [3.05, 3.63) is 12.7 Å². The van der Waals surface area contributed by atoms with Gasteiger partial charge < -0.3 is 9.47 Å². The lowest BCUT2D eigenvalue weighted by atomic mass is 10.1. The highest BCUT2D eigenvalue weighted by Gasteiger charge is 2.02. The molecular formula is C24H44O4. The Morgan fingerprint density at radius 1 is 0.643 bits per heavy atom. The van der Waals surface area contributed by atoms with Gasteiger partial charge in [0.2, 0.25) is 0 Å². The van der Waals surface area contributed by atoms with Crippen molar-refractivity contribution in [3.8, 4) is 0 Å². The quantitative estimate of drug-likeness (QED) is 0.120. The first-order valence-corrected chi connectivity index (χ1v) is 11.7. The minimum atomic E-state index is -0.343. The van der Waals surface area contributed by atoms with E-state index in [-0.39, 0.29) is 11.9 Å². The molecule has 0 bridgehead atoms. The molecule has 0 aliphatic rings. The predicted octanol–water partition coefficient (Wildman–Crippen LogP) is 6.91. The van der Waals surface area contributed by atoms with Crippen LogP contribution in [0.3, 0.4) is 0 Å². The molecule has 0 saturated carbocycles. The smallest absolute Gasteiger partial charge is 0.330 e. The largest absolute Gasteiger partial charge is 0.466 e. The van der Waals surface area contributed by atoms with E-state index in [0.717, 1.165) is 44.9 Å². The fraction of sp³-hybridized carbons (Fsp3) is 0.833. The molecule has 0 radical (unpaired) electrons. The van der Waals surface area contributed by atoms with Gasteiger partial charge in [-0.05, 0) is 19.3 Å². The maximum atomic E-state index is 11.7. The summed E-state index contributed by atoms with van der Waals surface area (Å²) >= 11 is 0. The first-order valence-electron chi connectivity index (χ1n) is 11.7. The van der Waals surface area contributed by atoms with Crippen LogP contribution in [0.4, 0.5) is 0 Å². The second-order valence-electron chi connectivity index (χ2n) is 7.65. The van der Waals surface area contributed by atoms with Crippen LogP contribution < -0.4 is 0 Å². The van der Waals surface area contributed by atoms with Gasteiger partial charge in [-0.25, -0.2) is 4.79 Å². The van der Waals surface area contributed by atoms with Crippen molar-refractivity contribution < 1.29 is 19.1 Å². The lowest BCUT2D eigenvalue weighted by Gasteiger charge is -2.05. The van der Waals surface area contributed by atoms with Gasteiger partial charge in [-0.15, -0.1) is 0 Å². The van der Waals surface area contributed by atoms with Gasteiger partial charge in [0.25, 0.3) is 0 Å². The summed E-state index contributed by atoms with van der Waals surface area (Å²) < 4.78 is 10.2. The third kappa shape index (κ3) is 21.0. The first kappa shape index (κ1) is 26.7. The highest BCUT2D eigenvalue weighted by molar-refractivity contribution is 5.81. The minimum Gasteiger partial charge on any atom is -0.466 e. The van der Waals surface area contributed by atoms with Gasteiger partial charge in [-0.3, -0.25) is 4.79 Å². The van der Waals surface area contributed by atoms with Crippen LogP contribution in [0.1, 0.15) is 116 Å². The Balaban J connectivity index is 3.19. The molecule has 4 nitrogen and oxygen atoms in total. The molecule has 0 unspecified atom stereocenters. The number of carbonyl (C=O) groups excluding carboxylic acids is 2. The number of hydrogen-bond donors (Lipinski definition) is 0. The van der Waals surface area contributed by atoms with Crippen LogP contribution in [0.15, 0.2) is 12.7 Å². The summed E-state index contributed by atoms with van der Waals surface area (Å²) in [7, 11) is 0. The van der Waals surface area contributed by atoms with E-state index >= 15 is 0 Å². The SMILES string of the molecule is C=CC(=O)OCCCCCCCCCC(=O)OCCCCCCCCCCC. The Bertz CT molecular complexity index is 379. The van der Waals surface area contributed by atoms with Crippen LogP contribution in [0.5, 0.6) is 0 Å². The monoisotopic (exact) mass is 396 g/mol. The highest BCUT2D eigenvalue weighted by atomic mass is 16.5. The number of esters is 2. The summed E-state index contributed by atoms with van der Waals surface area (Å²) in [5, 5.41) is 0. The highest BCUT2D eigenvalue weighted by Crippen LogP contribution is 2.11. The van der Waals surface area contributed by atoms with Gasteiger partial charge in [-0.2, -0.15) is 0 Å². The van der Waals surface area contributed by atoms with E-state index in [1.807, 2.05) is 0 Å². The molecular weight excluding hydrogens is 352 g/mol. The van der Waals surface area contributed by atoms with E-state index in [1.165, 1.54) is 63.9 Å². The molecule has 0 rings (SSSR count). The van der Waals surface area contributed by atoms with Crippen molar-refractivity contribution in [2.45, 2.75) is 116 Å². The molecule has 0 aromatic carbocycles. The average Bonchev–Trinajstić information content (AvgIpc) is 2.70. The average molecular weight is 397 g/mol. The number of unbranched alkanes of at least 4 members (excludes halogenated alkanes) is 14. The summed E-state index contributed by atoms with van der Waals surface area (Å²) in [6.07, 6.45) is 20.7. The Labute approximate surface area is 173 Å². The number of carbonyl (C=O) groups is 2. The molecule has 0 heterocycles. The van der Waals surface area contributed by atoms with Crippen molar-refractivity contribution >= 4 is 11.9 Å². The lowest BCUT2D eigenvalue weighted by Crippen LogP contribution is -2.05. The molecule has 0 atom stereocenters. The third-order valence-electron chi connectivity index (χ3n) is 4.95. The Kier molecular flexibility index (Phi) is 20.9.